The first-order valence-corrected chi connectivity index (χ1v) is 12.1. The van der Waals surface area contributed by atoms with Crippen LogP contribution in [0.1, 0.15) is 32.0 Å². The number of anilines is 1. The van der Waals surface area contributed by atoms with E-state index in [0.29, 0.717) is 56.8 Å². The van der Waals surface area contributed by atoms with Gasteiger partial charge in [0, 0.05) is 24.5 Å². The Morgan fingerprint density at radius 2 is 2.09 bits per heavy atom. The fourth-order valence-corrected chi connectivity index (χ4v) is 4.00. The summed E-state index contributed by atoms with van der Waals surface area (Å²) in [6.45, 7) is 3.21. The molecule has 9 nitrogen and oxygen atoms in total. The number of hydrogen-bond acceptors (Lipinski definition) is 8. The van der Waals surface area contributed by atoms with E-state index in [2.05, 4.69) is 25.6 Å². The molecule has 0 unspecified atom stereocenters. The molecule has 0 aliphatic heterocycles. The van der Waals surface area contributed by atoms with Gasteiger partial charge in [0.25, 0.3) is 0 Å². The average Bonchev–Trinajstić information content (AvgIpc) is 3.57. The topological polar surface area (TPSA) is 137 Å². The molecule has 3 aromatic rings. The van der Waals surface area contributed by atoms with Crippen molar-refractivity contribution >= 4 is 46.0 Å². The highest BCUT2D eigenvalue weighted by Gasteiger charge is 2.22. The molecule has 34 heavy (non-hydrogen) atoms. The van der Waals surface area contributed by atoms with Gasteiger partial charge < -0.3 is 15.5 Å². The normalized spacial score (nSPS) is 12.8. The number of nitrogens with one attached hydrogen (secondary N) is 4. The molecular formula is C23H24ClN7O2S. The van der Waals surface area contributed by atoms with Crippen molar-refractivity contribution in [2.75, 3.05) is 18.5 Å². The number of urea groups is 1. The van der Waals surface area contributed by atoms with Crippen molar-refractivity contribution in [1.29, 1.82) is 10.8 Å². The molecule has 0 spiro atoms. The summed E-state index contributed by atoms with van der Waals surface area (Å²) in [5, 5.41) is 21.9. The van der Waals surface area contributed by atoms with Crippen molar-refractivity contribution in [3.8, 4) is 27.6 Å². The predicted molar refractivity (Wildman–Crippen MR) is 135 cm³/mol. The van der Waals surface area contributed by atoms with Gasteiger partial charge in [-0.1, -0.05) is 29.9 Å². The number of aromatic nitrogens is 3. The van der Waals surface area contributed by atoms with Gasteiger partial charge in [0.05, 0.1) is 27.9 Å². The molecule has 1 saturated carbocycles. The number of halogens is 1. The third-order valence-electron chi connectivity index (χ3n) is 5.02. The number of carbonyl (C=O) groups is 1. The monoisotopic (exact) mass is 497 g/mol. The molecule has 1 aliphatic carbocycles. The van der Waals surface area contributed by atoms with Crippen LogP contribution in [-0.4, -0.2) is 46.1 Å². The summed E-state index contributed by atoms with van der Waals surface area (Å²) in [5.74, 6) is 1.40. The Balaban J connectivity index is 1.66. The molecule has 2 aromatic heterocycles. The molecule has 0 saturated heterocycles. The summed E-state index contributed by atoms with van der Waals surface area (Å²) in [7, 11) is 0. The lowest BCUT2D eigenvalue weighted by Crippen LogP contribution is -2.29. The summed E-state index contributed by atoms with van der Waals surface area (Å²) >= 11 is 7.74. The number of thiazole rings is 1. The van der Waals surface area contributed by atoms with Crippen LogP contribution in [0.5, 0.6) is 5.75 Å². The lowest BCUT2D eigenvalue weighted by atomic mass is 10.1. The second kappa shape index (κ2) is 10.7. The zero-order chi connectivity index (χ0) is 24.1. The Morgan fingerprint density at radius 1 is 1.29 bits per heavy atom. The van der Waals surface area contributed by atoms with Crippen LogP contribution in [0.4, 0.5) is 9.93 Å². The number of amides is 2. The van der Waals surface area contributed by atoms with E-state index in [4.69, 9.17) is 27.2 Å². The quantitative estimate of drug-likeness (QED) is 0.283. The molecule has 1 aliphatic rings. The van der Waals surface area contributed by atoms with Crippen molar-refractivity contribution in [2.45, 2.75) is 26.2 Å². The van der Waals surface area contributed by atoms with Crippen LogP contribution in [-0.2, 0) is 0 Å². The molecule has 1 fully saturated rings. The van der Waals surface area contributed by atoms with Gasteiger partial charge in [0.1, 0.15) is 11.5 Å². The van der Waals surface area contributed by atoms with Crippen molar-refractivity contribution in [3.63, 3.8) is 0 Å². The van der Waals surface area contributed by atoms with Crippen LogP contribution in [0.15, 0.2) is 30.5 Å². The van der Waals surface area contributed by atoms with E-state index in [1.807, 2.05) is 19.1 Å². The molecule has 11 heteroatoms. The van der Waals surface area contributed by atoms with E-state index >= 15 is 0 Å². The Kier molecular flexibility index (Phi) is 7.49. The lowest BCUT2D eigenvalue weighted by Gasteiger charge is -2.11. The Hall–Kier alpha value is -3.37. The summed E-state index contributed by atoms with van der Waals surface area (Å²) in [6.07, 6.45) is 5.70. The van der Waals surface area contributed by atoms with Crippen molar-refractivity contribution in [3.05, 3.63) is 41.3 Å². The minimum Gasteiger partial charge on any atom is -0.493 e. The van der Waals surface area contributed by atoms with Gasteiger partial charge in [-0.3, -0.25) is 10.7 Å². The van der Waals surface area contributed by atoms with Crippen molar-refractivity contribution < 1.29 is 9.53 Å². The SMILES string of the molecule is CCCNC(=O)Nc1ncc(-c2cc(-c3cc(OCC4CC4)ccc3Cl)nc(C(=N)C=N)n2)s1. The van der Waals surface area contributed by atoms with Gasteiger partial charge in [-0.15, -0.1) is 0 Å². The molecule has 0 radical (unpaired) electrons. The lowest BCUT2D eigenvalue weighted by molar-refractivity contribution is 0.252. The maximum Gasteiger partial charge on any atom is 0.321 e. The zero-order valence-corrected chi connectivity index (χ0v) is 20.1. The molecular weight excluding hydrogens is 474 g/mol. The average molecular weight is 498 g/mol. The van der Waals surface area contributed by atoms with Crippen LogP contribution in [0, 0.1) is 16.7 Å². The van der Waals surface area contributed by atoms with Crippen molar-refractivity contribution in [2.24, 2.45) is 5.92 Å². The van der Waals surface area contributed by atoms with Gasteiger partial charge in [0.15, 0.2) is 11.0 Å². The molecule has 4 rings (SSSR count). The second-order valence-electron chi connectivity index (χ2n) is 7.83. The molecule has 176 valence electrons. The molecule has 0 bridgehead atoms. The van der Waals surface area contributed by atoms with Crippen LogP contribution >= 0.6 is 22.9 Å². The minimum atomic E-state index is -0.327. The highest BCUT2D eigenvalue weighted by Crippen LogP contribution is 2.35. The number of hydrogen-bond donors (Lipinski definition) is 4. The van der Waals surface area contributed by atoms with Gasteiger partial charge in [0.2, 0.25) is 0 Å². The Bertz CT molecular complexity index is 1230. The van der Waals surface area contributed by atoms with E-state index in [0.717, 1.165) is 12.6 Å². The van der Waals surface area contributed by atoms with Gasteiger partial charge in [-0.05, 0) is 49.4 Å². The molecule has 0 atom stereocenters. The largest absolute Gasteiger partial charge is 0.493 e. The van der Waals surface area contributed by atoms with Crippen molar-refractivity contribution in [1.82, 2.24) is 20.3 Å². The van der Waals surface area contributed by atoms with Gasteiger partial charge in [-0.2, -0.15) is 0 Å². The summed E-state index contributed by atoms with van der Waals surface area (Å²) in [6, 6.07) is 6.83. The van der Waals surface area contributed by atoms with Gasteiger partial charge >= 0.3 is 6.03 Å². The first-order valence-electron chi connectivity index (χ1n) is 10.9. The highest BCUT2D eigenvalue weighted by atomic mass is 35.5. The smallest absolute Gasteiger partial charge is 0.321 e. The number of benzene rings is 1. The first kappa shape index (κ1) is 23.8. The molecule has 2 heterocycles. The Morgan fingerprint density at radius 3 is 2.82 bits per heavy atom. The van der Waals surface area contributed by atoms with E-state index < -0.39 is 0 Å². The third-order valence-corrected chi connectivity index (χ3v) is 6.29. The second-order valence-corrected chi connectivity index (χ2v) is 9.26. The van der Waals surface area contributed by atoms with E-state index in [1.54, 1.807) is 18.3 Å². The zero-order valence-electron chi connectivity index (χ0n) is 18.5. The molecule has 1 aromatic carbocycles. The highest BCUT2D eigenvalue weighted by molar-refractivity contribution is 7.19. The third kappa shape index (κ3) is 5.95. The fourth-order valence-electron chi connectivity index (χ4n) is 3.02. The molecule has 4 N–H and O–H groups in total. The minimum absolute atomic E-state index is 0.0893. The van der Waals surface area contributed by atoms with E-state index in [1.165, 1.54) is 24.2 Å². The van der Waals surface area contributed by atoms with Crippen LogP contribution in [0.3, 0.4) is 0 Å². The summed E-state index contributed by atoms with van der Waals surface area (Å²) < 4.78 is 5.89. The van der Waals surface area contributed by atoms with Crippen LogP contribution in [0.2, 0.25) is 5.02 Å². The standard InChI is InChI=1S/C23H24ClN7O2S/c1-2-7-27-22(32)31-23-28-11-20(34-23)19-9-18(29-21(30-19)17(26)10-25)15-8-14(5-6-16(15)24)33-12-13-3-4-13/h5-6,8-11,13,25-26H,2-4,7,12H2,1H3,(H2,27,28,31,32). The number of ether oxygens (including phenoxy) is 1. The molecule has 2 amide bonds. The maximum absolute atomic E-state index is 11.9. The number of carbonyl (C=O) groups excluding carboxylic acids is 1. The Labute approximate surface area is 206 Å². The first-order chi connectivity index (χ1) is 16.5. The summed E-state index contributed by atoms with van der Waals surface area (Å²) in [5.41, 5.74) is 1.50. The van der Waals surface area contributed by atoms with Gasteiger partial charge in [-0.25, -0.2) is 19.7 Å². The fraction of sp³-hybridized carbons (Fsp3) is 0.304. The van der Waals surface area contributed by atoms with Crippen LogP contribution < -0.4 is 15.4 Å². The van der Waals surface area contributed by atoms with Crippen LogP contribution in [0.25, 0.3) is 21.8 Å². The predicted octanol–water partition coefficient (Wildman–Crippen LogP) is 5.26. The van der Waals surface area contributed by atoms with E-state index in [-0.39, 0.29) is 17.6 Å². The maximum atomic E-state index is 11.9. The van der Waals surface area contributed by atoms with E-state index in [9.17, 15) is 4.79 Å². The summed E-state index contributed by atoms with van der Waals surface area (Å²) in [4.78, 5) is 25.8. The number of rotatable bonds is 10. The number of nitrogens with zero attached hydrogens (tertiary/aromatic N) is 3.